The summed E-state index contributed by atoms with van der Waals surface area (Å²) in [6.07, 6.45) is 1.56. The Kier molecular flexibility index (Phi) is 9.66. The van der Waals surface area contributed by atoms with Crippen LogP contribution in [0.2, 0.25) is 5.02 Å². The Balaban J connectivity index is 1.53. The van der Waals surface area contributed by atoms with Crippen molar-refractivity contribution in [2.75, 3.05) is 12.9 Å². The Morgan fingerprint density at radius 2 is 1.94 bits per heavy atom. The molecular formula is C25H24BrClN2O3S. The molecule has 172 valence electrons. The Hall–Kier alpha value is -2.48. The predicted octanol–water partition coefficient (Wildman–Crippen LogP) is 6.38. The fourth-order valence-corrected chi connectivity index (χ4v) is 4.55. The molecular weight excluding hydrogens is 524 g/mol. The summed E-state index contributed by atoms with van der Waals surface area (Å²) < 4.78 is 12.2. The number of hydrogen-bond donors (Lipinski definition) is 1. The Labute approximate surface area is 211 Å². The highest BCUT2D eigenvalue weighted by Crippen LogP contribution is 2.36. The molecule has 0 saturated carbocycles. The van der Waals surface area contributed by atoms with Crippen molar-refractivity contribution in [3.8, 4) is 11.5 Å². The summed E-state index contributed by atoms with van der Waals surface area (Å²) in [6.45, 7) is 2.47. The number of aryl methyl sites for hydroxylation is 1. The SMILES string of the molecule is COc1cc(/C=N\NC(=O)CSCc2ccccc2Cl)cc(Br)c1OCc1ccc(C)cc1. The van der Waals surface area contributed by atoms with Gasteiger partial charge in [0.1, 0.15) is 6.61 Å². The molecule has 3 aromatic rings. The van der Waals surface area contributed by atoms with Gasteiger partial charge in [0.25, 0.3) is 0 Å². The number of halogens is 2. The van der Waals surface area contributed by atoms with E-state index in [1.54, 1.807) is 19.4 Å². The van der Waals surface area contributed by atoms with Crippen LogP contribution < -0.4 is 14.9 Å². The molecule has 5 nitrogen and oxygen atoms in total. The van der Waals surface area contributed by atoms with Gasteiger partial charge in [0.05, 0.1) is 23.5 Å². The van der Waals surface area contributed by atoms with E-state index in [0.717, 1.165) is 21.2 Å². The molecule has 0 aromatic heterocycles. The van der Waals surface area contributed by atoms with E-state index in [2.05, 4.69) is 26.5 Å². The van der Waals surface area contributed by atoms with E-state index in [4.69, 9.17) is 21.1 Å². The highest BCUT2D eigenvalue weighted by Gasteiger charge is 2.12. The molecule has 3 aromatic carbocycles. The maximum Gasteiger partial charge on any atom is 0.250 e. The zero-order valence-electron chi connectivity index (χ0n) is 18.3. The fourth-order valence-electron chi connectivity index (χ4n) is 2.87. The molecule has 33 heavy (non-hydrogen) atoms. The molecule has 0 atom stereocenters. The average Bonchev–Trinajstić information content (AvgIpc) is 2.80. The predicted molar refractivity (Wildman–Crippen MR) is 140 cm³/mol. The molecule has 0 saturated heterocycles. The number of benzene rings is 3. The monoisotopic (exact) mass is 546 g/mol. The first-order valence-corrected chi connectivity index (χ1v) is 12.5. The Morgan fingerprint density at radius 1 is 1.18 bits per heavy atom. The minimum Gasteiger partial charge on any atom is -0.493 e. The van der Waals surface area contributed by atoms with Crippen LogP contribution in [0, 0.1) is 6.92 Å². The number of carbonyl (C=O) groups excluding carboxylic acids is 1. The van der Waals surface area contributed by atoms with Crippen LogP contribution in [0.5, 0.6) is 11.5 Å². The van der Waals surface area contributed by atoms with Gasteiger partial charge in [-0.2, -0.15) is 5.10 Å². The summed E-state index contributed by atoms with van der Waals surface area (Å²) in [7, 11) is 1.58. The molecule has 0 aliphatic rings. The molecule has 1 amide bonds. The number of hydrazone groups is 1. The van der Waals surface area contributed by atoms with Gasteiger partial charge in [-0.1, -0.05) is 59.6 Å². The minimum atomic E-state index is -0.188. The molecule has 0 radical (unpaired) electrons. The molecule has 0 spiro atoms. The lowest BCUT2D eigenvalue weighted by Crippen LogP contribution is -2.19. The van der Waals surface area contributed by atoms with E-state index in [-0.39, 0.29) is 11.7 Å². The first-order valence-electron chi connectivity index (χ1n) is 10.1. The summed E-state index contributed by atoms with van der Waals surface area (Å²) in [4.78, 5) is 12.1. The van der Waals surface area contributed by atoms with Crippen molar-refractivity contribution >= 4 is 51.4 Å². The third-order valence-corrected chi connectivity index (χ3v) is 6.55. The van der Waals surface area contributed by atoms with E-state index in [1.807, 2.05) is 61.5 Å². The summed E-state index contributed by atoms with van der Waals surface area (Å²) in [6, 6.07) is 19.4. The molecule has 0 fully saturated rings. The first kappa shape index (κ1) is 25.1. The second-order valence-electron chi connectivity index (χ2n) is 7.19. The summed E-state index contributed by atoms with van der Waals surface area (Å²) in [5, 5.41) is 4.75. The third-order valence-electron chi connectivity index (χ3n) is 4.61. The molecule has 0 aliphatic heterocycles. The van der Waals surface area contributed by atoms with Crippen molar-refractivity contribution in [3.63, 3.8) is 0 Å². The summed E-state index contributed by atoms with van der Waals surface area (Å²) in [5.74, 6) is 1.93. The lowest BCUT2D eigenvalue weighted by molar-refractivity contribution is -0.118. The van der Waals surface area contributed by atoms with E-state index < -0.39 is 0 Å². The van der Waals surface area contributed by atoms with Crippen molar-refractivity contribution < 1.29 is 14.3 Å². The van der Waals surface area contributed by atoms with Crippen molar-refractivity contribution in [2.45, 2.75) is 19.3 Å². The number of nitrogens with one attached hydrogen (secondary N) is 1. The quantitative estimate of drug-likeness (QED) is 0.236. The van der Waals surface area contributed by atoms with E-state index >= 15 is 0 Å². The fraction of sp³-hybridized carbons (Fsp3) is 0.200. The van der Waals surface area contributed by atoms with E-state index in [1.165, 1.54) is 17.3 Å². The maximum absolute atomic E-state index is 12.1. The Morgan fingerprint density at radius 3 is 2.67 bits per heavy atom. The van der Waals surface area contributed by atoms with Crippen LogP contribution in [0.15, 0.2) is 70.2 Å². The van der Waals surface area contributed by atoms with Gasteiger partial charge < -0.3 is 9.47 Å². The first-order chi connectivity index (χ1) is 16.0. The highest BCUT2D eigenvalue weighted by atomic mass is 79.9. The topological polar surface area (TPSA) is 59.9 Å². The number of rotatable bonds is 10. The highest BCUT2D eigenvalue weighted by molar-refractivity contribution is 9.10. The normalized spacial score (nSPS) is 10.9. The maximum atomic E-state index is 12.1. The van der Waals surface area contributed by atoms with Gasteiger partial charge in [-0.25, -0.2) is 5.43 Å². The van der Waals surface area contributed by atoms with Crippen molar-refractivity contribution in [2.24, 2.45) is 5.10 Å². The van der Waals surface area contributed by atoms with Gasteiger partial charge in [-0.05, 0) is 57.7 Å². The lowest BCUT2D eigenvalue weighted by Gasteiger charge is -2.13. The number of methoxy groups -OCH3 is 1. The molecule has 8 heteroatoms. The number of carbonyl (C=O) groups is 1. The molecule has 0 bridgehead atoms. The molecule has 0 unspecified atom stereocenters. The van der Waals surface area contributed by atoms with Crippen LogP contribution in [0.4, 0.5) is 0 Å². The van der Waals surface area contributed by atoms with Gasteiger partial charge in [0.15, 0.2) is 11.5 Å². The smallest absolute Gasteiger partial charge is 0.250 e. The molecule has 0 heterocycles. The van der Waals surface area contributed by atoms with Crippen molar-refractivity contribution in [3.05, 3.63) is 92.4 Å². The molecule has 0 aliphatic carbocycles. The number of thioether (sulfide) groups is 1. The van der Waals surface area contributed by atoms with E-state index in [0.29, 0.717) is 28.9 Å². The number of amides is 1. The van der Waals surface area contributed by atoms with Crippen LogP contribution in [0.1, 0.15) is 22.3 Å². The zero-order chi connectivity index (χ0) is 23.6. The largest absolute Gasteiger partial charge is 0.493 e. The lowest BCUT2D eigenvalue weighted by atomic mass is 10.2. The van der Waals surface area contributed by atoms with Gasteiger partial charge in [-0.3, -0.25) is 4.79 Å². The third kappa shape index (κ3) is 7.81. The second-order valence-corrected chi connectivity index (χ2v) is 9.43. The van der Waals surface area contributed by atoms with Crippen LogP contribution in [-0.2, 0) is 17.2 Å². The van der Waals surface area contributed by atoms with Gasteiger partial charge in [-0.15, -0.1) is 11.8 Å². The van der Waals surface area contributed by atoms with Gasteiger partial charge >= 0.3 is 0 Å². The molecule has 1 N–H and O–H groups in total. The van der Waals surface area contributed by atoms with Crippen LogP contribution in [0.25, 0.3) is 0 Å². The minimum absolute atomic E-state index is 0.188. The number of hydrogen-bond acceptors (Lipinski definition) is 5. The Bertz CT molecular complexity index is 1120. The van der Waals surface area contributed by atoms with Crippen LogP contribution in [0.3, 0.4) is 0 Å². The molecule has 3 rings (SSSR count). The van der Waals surface area contributed by atoms with Crippen LogP contribution in [-0.4, -0.2) is 25.0 Å². The van der Waals surface area contributed by atoms with Crippen molar-refractivity contribution in [1.82, 2.24) is 5.43 Å². The van der Waals surface area contributed by atoms with Crippen LogP contribution >= 0.6 is 39.3 Å². The summed E-state index contributed by atoms with van der Waals surface area (Å²) >= 11 is 11.1. The number of ether oxygens (including phenoxy) is 2. The second kappa shape index (κ2) is 12.7. The zero-order valence-corrected chi connectivity index (χ0v) is 21.5. The van der Waals surface area contributed by atoms with Crippen molar-refractivity contribution in [1.29, 1.82) is 0 Å². The standard InChI is InChI=1S/C25H24BrClN2O3S/c1-17-7-9-18(10-8-17)14-32-25-21(26)11-19(12-23(25)31-2)13-28-29-24(30)16-33-15-20-5-3-4-6-22(20)27/h3-13H,14-16H2,1-2H3,(H,29,30)/b28-13-. The average molecular weight is 548 g/mol. The number of nitrogens with zero attached hydrogens (tertiary/aromatic N) is 1. The van der Waals surface area contributed by atoms with Gasteiger partial charge in [0.2, 0.25) is 5.91 Å². The van der Waals surface area contributed by atoms with Gasteiger partial charge in [0, 0.05) is 10.8 Å². The van der Waals surface area contributed by atoms with E-state index in [9.17, 15) is 4.79 Å². The summed E-state index contributed by atoms with van der Waals surface area (Å²) in [5.41, 5.74) is 6.57.